The first-order valence-electron chi connectivity index (χ1n) is 11.4. The molecule has 3 amide bonds. The van der Waals surface area contributed by atoms with E-state index in [0.717, 1.165) is 16.8 Å². The molecule has 2 aliphatic rings. The Labute approximate surface area is 194 Å². The number of rotatable bonds is 6. The van der Waals surface area contributed by atoms with Gasteiger partial charge in [0.25, 0.3) is 0 Å². The van der Waals surface area contributed by atoms with E-state index < -0.39 is 0 Å². The number of nitrogens with zero attached hydrogens (tertiary/aromatic N) is 2. The van der Waals surface area contributed by atoms with E-state index in [1.54, 1.807) is 11.0 Å². The molecule has 0 atom stereocenters. The molecule has 4 rings (SSSR count). The lowest BCUT2D eigenvalue weighted by Gasteiger charge is -2.40. The highest BCUT2D eigenvalue weighted by atomic mass is 16.5. The van der Waals surface area contributed by atoms with Crippen molar-refractivity contribution in [3.63, 3.8) is 0 Å². The van der Waals surface area contributed by atoms with E-state index in [0.29, 0.717) is 50.4 Å². The summed E-state index contributed by atoms with van der Waals surface area (Å²) in [7, 11) is 0. The van der Waals surface area contributed by atoms with Crippen molar-refractivity contribution in [3.05, 3.63) is 71.3 Å². The fourth-order valence-corrected chi connectivity index (χ4v) is 4.37. The Balaban J connectivity index is 1.34. The molecule has 0 bridgehead atoms. The minimum Gasteiger partial charge on any atom is -0.493 e. The van der Waals surface area contributed by atoms with Crippen LogP contribution >= 0.6 is 0 Å². The molecular weight excluding hydrogens is 418 g/mol. The molecule has 2 aromatic rings. The van der Waals surface area contributed by atoms with Gasteiger partial charge in [-0.15, -0.1) is 0 Å². The Hall–Kier alpha value is -3.61. The zero-order valence-corrected chi connectivity index (χ0v) is 19.0. The number of urea groups is 1. The maximum atomic E-state index is 12.7. The van der Waals surface area contributed by atoms with Gasteiger partial charge in [0.2, 0.25) is 5.91 Å². The Kier molecular flexibility index (Phi) is 6.77. The predicted molar refractivity (Wildman–Crippen MR) is 126 cm³/mol. The molecule has 0 saturated carbocycles. The van der Waals surface area contributed by atoms with Crippen molar-refractivity contribution >= 4 is 23.4 Å². The van der Waals surface area contributed by atoms with Crippen LogP contribution < -0.4 is 10.1 Å². The lowest BCUT2D eigenvalue weighted by atomic mass is 10.0. The second-order valence-electron chi connectivity index (χ2n) is 8.40. The number of hydrogen-bond donors (Lipinski definition) is 1. The van der Waals surface area contributed by atoms with Crippen molar-refractivity contribution in [2.75, 3.05) is 25.0 Å². The number of aryl methyl sites for hydroxylation is 1. The van der Waals surface area contributed by atoms with Crippen LogP contribution in [0.4, 0.5) is 10.5 Å². The van der Waals surface area contributed by atoms with Gasteiger partial charge >= 0.3 is 6.03 Å². The minimum absolute atomic E-state index is 0.0781. The number of ketones is 1. The average molecular weight is 448 g/mol. The first-order chi connectivity index (χ1) is 16.0. The van der Waals surface area contributed by atoms with E-state index in [1.807, 2.05) is 55.1 Å². The van der Waals surface area contributed by atoms with Gasteiger partial charge in [0.15, 0.2) is 5.78 Å². The number of anilines is 1. The van der Waals surface area contributed by atoms with E-state index in [9.17, 15) is 14.4 Å². The molecule has 1 saturated heterocycles. The monoisotopic (exact) mass is 447 g/mol. The second kappa shape index (κ2) is 9.90. The molecule has 2 aromatic carbocycles. The first kappa shape index (κ1) is 22.6. The maximum absolute atomic E-state index is 12.7. The standard InChI is InChI=1S/C26H29N3O4/c1-3-33-24-16-18(2)8-9-21(24)23(30)10-11-25(31)28-14-12-20(13-15-28)29-17-19-6-4-5-7-22(19)27-26(29)32/h4-11,16,20H,3,12-15,17H2,1-2H3,(H,27,32). The number of para-hydroxylation sites is 1. The van der Waals surface area contributed by atoms with Gasteiger partial charge in [-0.2, -0.15) is 0 Å². The third-order valence-electron chi connectivity index (χ3n) is 6.16. The number of benzene rings is 2. The molecule has 0 aliphatic carbocycles. The third-order valence-corrected chi connectivity index (χ3v) is 6.16. The predicted octanol–water partition coefficient (Wildman–Crippen LogP) is 4.17. The van der Waals surface area contributed by atoms with Crippen molar-refractivity contribution in [1.82, 2.24) is 9.80 Å². The van der Waals surface area contributed by atoms with Gasteiger partial charge in [-0.1, -0.05) is 24.3 Å². The van der Waals surface area contributed by atoms with E-state index in [4.69, 9.17) is 4.74 Å². The van der Waals surface area contributed by atoms with E-state index in [1.165, 1.54) is 12.2 Å². The Bertz CT molecular complexity index is 1090. The molecule has 0 aromatic heterocycles. The molecule has 0 spiro atoms. The van der Waals surface area contributed by atoms with Crippen molar-refractivity contribution < 1.29 is 19.1 Å². The lowest BCUT2D eigenvalue weighted by molar-refractivity contribution is -0.127. The third kappa shape index (κ3) is 5.08. The summed E-state index contributed by atoms with van der Waals surface area (Å²) in [5.74, 6) is 0.0763. The van der Waals surface area contributed by atoms with Crippen molar-refractivity contribution in [2.24, 2.45) is 0 Å². The normalized spacial score (nSPS) is 16.5. The van der Waals surface area contributed by atoms with Gasteiger partial charge in [0.05, 0.1) is 12.2 Å². The van der Waals surface area contributed by atoms with Crippen LogP contribution in [0.25, 0.3) is 0 Å². The fourth-order valence-electron chi connectivity index (χ4n) is 4.37. The van der Waals surface area contributed by atoms with Gasteiger partial charge in [0, 0.05) is 37.4 Å². The van der Waals surface area contributed by atoms with Crippen LogP contribution in [0.15, 0.2) is 54.6 Å². The van der Waals surface area contributed by atoms with Crippen LogP contribution in [0.3, 0.4) is 0 Å². The summed E-state index contributed by atoms with van der Waals surface area (Å²) in [6, 6.07) is 13.2. The maximum Gasteiger partial charge on any atom is 0.322 e. The van der Waals surface area contributed by atoms with E-state index in [2.05, 4.69) is 5.32 Å². The van der Waals surface area contributed by atoms with Crippen LogP contribution in [-0.4, -0.2) is 53.3 Å². The molecular formula is C26H29N3O4. The zero-order chi connectivity index (χ0) is 23.4. The van der Waals surface area contributed by atoms with Crippen LogP contribution in [0.2, 0.25) is 0 Å². The molecule has 0 radical (unpaired) electrons. The smallest absolute Gasteiger partial charge is 0.322 e. The number of allylic oxidation sites excluding steroid dienone is 1. The molecule has 7 nitrogen and oxygen atoms in total. The number of carbonyl (C=O) groups is 3. The number of hydrogen-bond acceptors (Lipinski definition) is 4. The molecule has 2 aliphatic heterocycles. The van der Waals surface area contributed by atoms with E-state index in [-0.39, 0.29) is 23.8 Å². The Morgan fingerprint density at radius 3 is 2.64 bits per heavy atom. The topological polar surface area (TPSA) is 79.0 Å². The highest BCUT2D eigenvalue weighted by Crippen LogP contribution is 2.27. The molecule has 7 heteroatoms. The number of nitrogens with one attached hydrogen (secondary N) is 1. The molecule has 172 valence electrons. The first-order valence-corrected chi connectivity index (χ1v) is 11.4. The van der Waals surface area contributed by atoms with Crippen LogP contribution in [0.5, 0.6) is 5.75 Å². The molecule has 0 unspecified atom stereocenters. The van der Waals surface area contributed by atoms with Gasteiger partial charge in [-0.3, -0.25) is 9.59 Å². The number of fused-ring (bicyclic) bond motifs is 1. The molecule has 1 N–H and O–H groups in total. The van der Waals surface area contributed by atoms with E-state index >= 15 is 0 Å². The molecule has 1 fully saturated rings. The van der Waals surface area contributed by atoms with Gasteiger partial charge in [-0.25, -0.2) is 4.79 Å². The van der Waals surface area contributed by atoms with Crippen LogP contribution in [0, 0.1) is 6.92 Å². The number of amides is 3. The van der Waals surface area contributed by atoms with Gasteiger partial charge in [0.1, 0.15) is 5.75 Å². The molecule has 33 heavy (non-hydrogen) atoms. The van der Waals surface area contributed by atoms with Crippen molar-refractivity contribution in [3.8, 4) is 5.75 Å². The summed E-state index contributed by atoms with van der Waals surface area (Å²) in [6.45, 7) is 5.93. The highest BCUT2D eigenvalue weighted by molar-refractivity contribution is 6.09. The summed E-state index contributed by atoms with van der Waals surface area (Å²) in [4.78, 5) is 41.5. The Morgan fingerprint density at radius 2 is 1.88 bits per heavy atom. The fraction of sp³-hybridized carbons (Fsp3) is 0.346. The summed E-state index contributed by atoms with van der Waals surface area (Å²) in [5, 5.41) is 2.95. The minimum atomic E-state index is -0.259. The number of ether oxygens (including phenoxy) is 1. The zero-order valence-electron chi connectivity index (χ0n) is 19.0. The van der Waals surface area contributed by atoms with Gasteiger partial charge < -0.3 is 19.9 Å². The summed E-state index contributed by atoms with van der Waals surface area (Å²) in [5.41, 5.74) is 3.41. The lowest BCUT2D eigenvalue weighted by Crippen LogP contribution is -2.50. The second-order valence-corrected chi connectivity index (χ2v) is 8.40. The number of likely N-dealkylation sites (tertiary alicyclic amines) is 1. The molecule has 2 heterocycles. The summed E-state index contributed by atoms with van der Waals surface area (Å²) < 4.78 is 5.57. The summed E-state index contributed by atoms with van der Waals surface area (Å²) >= 11 is 0. The average Bonchev–Trinajstić information content (AvgIpc) is 2.82. The van der Waals surface area contributed by atoms with Crippen molar-refractivity contribution in [1.29, 1.82) is 0 Å². The van der Waals surface area contributed by atoms with Crippen LogP contribution in [0.1, 0.15) is 41.3 Å². The number of carbonyl (C=O) groups excluding carboxylic acids is 3. The number of piperidine rings is 1. The SMILES string of the molecule is CCOc1cc(C)ccc1C(=O)C=CC(=O)N1CCC(N2Cc3ccccc3NC2=O)CC1. The highest BCUT2D eigenvalue weighted by Gasteiger charge is 2.32. The summed E-state index contributed by atoms with van der Waals surface area (Å²) in [6.07, 6.45) is 4.06. The van der Waals surface area contributed by atoms with Gasteiger partial charge in [-0.05, 0) is 62.1 Å². The van der Waals surface area contributed by atoms with Crippen LogP contribution in [-0.2, 0) is 11.3 Å². The van der Waals surface area contributed by atoms with Crippen molar-refractivity contribution in [2.45, 2.75) is 39.3 Å². The quantitative estimate of drug-likeness (QED) is 0.532. The Morgan fingerprint density at radius 1 is 1.12 bits per heavy atom. The largest absolute Gasteiger partial charge is 0.493 e.